The van der Waals surface area contributed by atoms with E-state index in [9.17, 15) is 4.79 Å². The van der Waals surface area contributed by atoms with Crippen molar-refractivity contribution in [2.75, 3.05) is 7.11 Å². The first kappa shape index (κ1) is 11.6. The second kappa shape index (κ2) is 4.63. The number of fused-ring (bicyclic) bond motifs is 1. The third-order valence-electron chi connectivity index (χ3n) is 3.96. The van der Waals surface area contributed by atoms with E-state index in [1.165, 1.54) is 11.1 Å². The van der Waals surface area contributed by atoms with Gasteiger partial charge in [-0.25, -0.2) is 0 Å². The van der Waals surface area contributed by atoms with Crippen LogP contribution >= 0.6 is 0 Å². The van der Waals surface area contributed by atoms with E-state index < -0.39 is 0 Å². The molecule has 1 aromatic rings. The van der Waals surface area contributed by atoms with E-state index in [1.54, 1.807) is 7.11 Å². The van der Waals surface area contributed by atoms with Gasteiger partial charge in [0.1, 0.15) is 5.75 Å². The minimum Gasteiger partial charge on any atom is -0.496 e. The molecular formula is C15H19NO2. The molecule has 1 fully saturated rings. The summed E-state index contributed by atoms with van der Waals surface area (Å²) in [5.41, 5.74) is 2.64. The van der Waals surface area contributed by atoms with Crippen molar-refractivity contribution in [2.45, 2.75) is 38.1 Å². The fourth-order valence-corrected chi connectivity index (χ4v) is 2.73. The Labute approximate surface area is 108 Å². The second-order valence-electron chi connectivity index (χ2n) is 5.32. The quantitative estimate of drug-likeness (QED) is 0.885. The molecule has 0 bridgehead atoms. The van der Waals surface area contributed by atoms with Gasteiger partial charge in [0.25, 0.3) is 0 Å². The predicted molar refractivity (Wildman–Crippen MR) is 69.7 cm³/mol. The molecule has 96 valence electrons. The minimum absolute atomic E-state index is 0.248. The molecule has 0 unspecified atom stereocenters. The SMILES string of the molecule is COc1cccc2c1C[C@@H](NC(=O)C1CC1)CC2. The fourth-order valence-electron chi connectivity index (χ4n) is 2.73. The number of hydrogen-bond donors (Lipinski definition) is 1. The van der Waals surface area contributed by atoms with Crippen LogP contribution < -0.4 is 10.1 Å². The Morgan fingerprint density at radius 1 is 1.33 bits per heavy atom. The Bertz CT molecular complexity index is 451. The molecule has 0 spiro atoms. The Hall–Kier alpha value is -1.51. The lowest BCUT2D eigenvalue weighted by molar-refractivity contribution is -0.123. The topological polar surface area (TPSA) is 38.3 Å². The molecule has 1 atom stereocenters. The molecule has 3 nitrogen and oxygen atoms in total. The molecule has 1 N–H and O–H groups in total. The van der Waals surface area contributed by atoms with Crippen LogP contribution in [0.25, 0.3) is 0 Å². The molecule has 2 aliphatic rings. The first-order chi connectivity index (χ1) is 8.78. The highest BCUT2D eigenvalue weighted by molar-refractivity contribution is 5.81. The number of hydrogen-bond acceptors (Lipinski definition) is 2. The van der Waals surface area contributed by atoms with Crippen LogP contribution in [0.4, 0.5) is 0 Å². The summed E-state index contributed by atoms with van der Waals surface area (Å²) < 4.78 is 5.41. The summed E-state index contributed by atoms with van der Waals surface area (Å²) >= 11 is 0. The highest BCUT2D eigenvalue weighted by Crippen LogP contribution is 2.32. The maximum atomic E-state index is 11.8. The Balaban J connectivity index is 1.73. The summed E-state index contributed by atoms with van der Waals surface area (Å²) in [7, 11) is 1.71. The van der Waals surface area contributed by atoms with Crippen molar-refractivity contribution < 1.29 is 9.53 Å². The highest BCUT2D eigenvalue weighted by atomic mass is 16.5. The zero-order chi connectivity index (χ0) is 12.5. The maximum absolute atomic E-state index is 11.8. The molecule has 0 radical (unpaired) electrons. The minimum atomic E-state index is 0.248. The highest BCUT2D eigenvalue weighted by Gasteiger charge is 2.32. The average Bonchev–Trinajstić information content (AvgIpc) is 3.22. The van der Waals surface area contributed by atoms with E-state index in [-0.39, 0.29) is 11.9 Å². The lowest BCUT2D eigenvalue weighted by Gasteiger charge is -2.26. The van der Waals surface area contributed by atoms with Crippen molar-refractivity contribution >= 4 is 5.91 Å². The molecule has 0 aliphatic heterocycles. The van der Waals surface area contributed by atoms with Gasteiger partial charge in [0.2, 0.25) is 5.91 Å². The van der Waals surface area contributed by atoms with Crippen molar-refractivity contribution in [1.29, 1.82) is 0 Å². The zero-order valence-corrected chi connectivity index (χ0v) is 10.7. The molecule has 1 aromatic carbocycles. The lowest BCUT2D eigenvalue weighted by Crippen LogP contribution is -2.39. The number of carbonyl (C=O) groups excluding carboxylic acids is 1. The number of nitrogens with one attached hydrogen (secondary N) is 1. The van der Waals surface area contributed by atoms with Crippen LogP contribution in [0.2, 0.25) is 0 Å². The molecule has 18 heavy (non-hydrogen) atoms. The maximum Gasteiger partial charge on any atom is 0.223 e. The van der Waals surface area contributed by atoms with E-state index in [0.29, 0.717) is 5.92 Å². The van der Waals surface area contributed by atoms with Crippen LogP contribution in [0, 0.1) is 5.92 Å². The molecule has 3 heteroatoms. The number of ether oxygens (including phenoxy) is 1. The van der Waals surface area contributed by atoms with Gasteiger partial charge in [-0.15, -0.1) is 0 Å². The Kier molecular flexibility index (Phi) is 2.98. The molecule has 3 rings (SSSR count). The summed E-state index contributed by atoms with van der Waals surface area (Å²) in [5, 5.41) is 3.18. The number of carbonyl (C=O) groups is 1. The molecule has 1 amide bonds. The van der Waals surface area contributed by atoms with Gasteiger partial charge >= 0.3 is 0 Å². The van der Waals surface area contributed by atoms with Crippen molar-refractivity contribution in [2.24, 2.45) is 5.92 Å². The van der Waals surface area contributed by atoms with Crippen LogP contribution in [0.1, 0.15) is 30.4 Å². The zero-order valence-electron chi connectivity index (χ0n) is 10.7. The van der Waals surface area contributed by atoms with Gasteiger partial charge in [0.15, 0.2) is 0 Å². The Morgan fingerprint density at radius 2 is 2.17 bits per heavy atom. The molecule has 0 aromatic heterocycles. The monoisotopic (exact) mass is 245 g/mol. The van der Waals surface area contributed by atoms with Crippen molar-refractivity contribution in [3.05, 3.63) is 29.3 Å². The summed E-state index contributed by atoms with van der Waals surface area (Å²) in [5.74, 6) is 1.50. The van der Waals surface area contributed by atoms with Crippen LogP contribution in [0.15, 0.2) is 18.2 Å². The third-order valence-corrected chi connectivity index (χ3v) is 3.96. The lowest BCUT2D eigenvalue weighted by atomic mass is 9.87. The Morgan fingerprint density at radius 3 is 2.89 bits per heavy atom. The van der Waals surface area contributed by atoms with E-state index in [2.05, 4.69) is 11.4 Å². The van der Waals surface area contributed by atoms with Gasteiger partial charge < -0.3 is 10.1 Å². The van der Waals surface area contributed by atoms with Crippen LogP contribution in [0.3, 0.4) is 0 Å². The smallest absolute Gasteiger partial charge is 0.223 e. The van der Waals surface area contributed by atoms with Crippen molar-refractivity contribution in [3.8, 4) is 5.75 Å². The molecule has 0 heterocycles. The summed E-state index contributed by atoms with van der Waals surface area (Å²) in [6.45, 7) is 0. The first-order valence-corrected chi connectivity index (χ1v) is 6.73. The molecule has 0 saturated heterocycles. The first-order valence-electron chi connectivity index (χ1n) is 6.73. The van der Waals surface area contributed by atoms with Gasteiger partial charge in [-0.3, -0.25) is 4.79 Å². The van der Waals surface area contributed by atoms with E-state index >= 15 is 0 Å². The average molecular weight is 245 g/mol. The summed E-state index contributed by atoms with van der Waals surface area (Å²) in [4.78, 5) is 11.8. The van der Waals surface area contributed by atoms with Gasteiger partial charge in [0.05, 0.1) is 7.11 Å². The molecule has 1 saturated carbocycles. The predicted octanol–water partition coefficient (Wildman–Crippen LogP) is 2.08. The molecule has 2 aliphatic carbocycles. The van der Waals surface area contributed by atoms with Gasteiger partial charge in [-0.2, -0.15) is 0 Å². The van der Waals surface area contributed by atoms with Crippen LogP contribution in [-0.2, 0) is 17.6 Å². The normalized spacial score (nSPS) is 22.2. The van der Waals surface area contributed by atoms with Crippen LogP contribution in [-0.4, -0.2) is 19.1 Å². The molecular weight excluding hydrogens is 226 g/mol. The van der Waals surface area contributed by atoms with Gasteiger partial charge in [-0.1, -0.05) is 12.1 Å². The van der Waals surface area contributed by atoms with Crippen molar-refractivity contribution in [1.82, 2.24) is 5.32 Å². The standard InChI is InChI=1S/C15H19NO2/c1-18-14-4-2-3-10-7-8-12(9-13(10)14)16-15(17)11-5-6-11/h2-4,11-12H,5-9H2,1H3,(H,16,17)/t12-/m0/s1. The number of amides is 1. The fraction of sp³-hybridized carbons (Fsp3) is 0.533. The summed E-state index contributed by atoms with van der Waals surface area (Å²) in [6.07, 6.45) is 5.11. The summed E-state index contributed by atoms with van der Waals surface area (Å²) in [6, 6.07) is 6.49. The third kappa shape index (κ3) is 2.22. The number of benzene rings is 1. The number of rotatable bonds is 3. The number of methoxy groups -OCH3 is 1. The van der Waals surface area contributed by atoms with Gasteiger partial charge in [0, 0.05) is 12.0 Å². The largest absolute Gasteiger partial charge is 0.496 e. The second-order valence-corrected chi connectivity index (χ2v) is 5.32. The van der Waals surface area contributed by atoms with Crippen molar-refractivity contribution in [3.63, 3.8) is 0 Å². The van der Waals surface area contributed by atoms with Gasteiger partial charge in [-0.05, 0) is 49.3 Å². The van der Waals surface area contributed by atoms with E-state index in [0.717, 1.165) is 37.9 Å². The number of aryl methyl sites for hydroxylation is 1. The van der Waals surface area contributed by atoms with E-state index in [1.807, 2.05) is 12.1 Å². The van der Waals surface area contributed by atoms with Crippen LogP contribution in [0.5, 0.6) is 5.75 Å². The van der Waals surface area contributed by atoms with E-state index in [4.69, 9.17) is 4.74 Å².